The Morgan fingerprint density at radius 3 is 1.60 bits per heavy atom. The summed E-state index contributed by atoms with van der Waals surface area (Å²) < 4.78 is 14.6. The van der Waals surface area contributed by atoms with Crippen LogP contribution in [0.25, 0.3) is 22.6 Å². The standard InChI is InChI=1S/C45H33N5O2/c1-3-32(26-25-31(2)48-36-17-7-11-21-40(36)51-41-22-12-8-18-37(41)48)44-46-47-45(50(44)34-15-5-4-6-16-34)33-27-29-35(30-28-33)49-38-19-9-13-23-42(38)52-43-24-14-10-20-39(43)49/h3-30H,2H2,1H3/b26-25-,32-3+. The zero-order chi connectivity index (χ0) is 35.0. The smallest absolute Gasteiger partial charge is 0.168 e. The molecule has 0 fully saturated rings. The maximum absolute atomic E-state index is 6.24. The molecule has 1 aromatic heterocycles. The van der Waals surface area contributed by atoms with Crippen molar-refractivity contribution in [1.29, 1.82) is 0 Å². The quantitative estimate of drug-likeness (QED) is 0.157. The number of hydrogen-bond donors (Lipinski definition) is 0. The highest BCUT2D eigenvalue weighted by molar-refractivity contribution is 5.87. The first-order valence-electron chi connectivity index (χ1n) is 17.1. The summed E-state index contributed by atoms with van der Waals surface area (Å²) in [5.41, 5.74) is 8.43. The molecule has 0 saturated carbocycles. The Hall–Kier alpha value is -7.12. The SMILES string of the molecule is C=C(/C=C\C(=C/C)c1nnc(-c2ccc(N3c4ccccc4Oc4ccccc43)cc2)n1-c1ccccc1)N1c2ccccc2Oc2ccccc21. The number of benzene rings is 6. The van der Waals surface area contributed by atoms with Gasteiger partial charge in [-0.25, -0.2) is 0 Å². The maximum atomic E-state index is 6.24. The molecule has 0 atom stereocenters. The van der Waals surface area contributed by atoms with Crippen LogP contribution in [-0.4, -0.2) is 14.8 Å². The topological polar surface area (TPSA) is 55.7 Å². The van der Waals surface area contributed by atoms with Gasteiger partial charge in [-0.2, -0.15) is 0 Å². The number of aromatic nitrogens is 3. The minimum atomic E-state index is 0.718. The lowest BCUT2D eigenvalue weighted by Gasteiger charge is -2.32. The van der Waals surface area contributed by atoms with Gasteiger partial charge in [0.2, 0.25) is 0 Å². The number of allylic oxidation sites excluding steroid dienone is 4. The summed E-state index contributed by atoms with van der Waals surface area (Å²) in [7, 11) is 0. The molecule has 0 N–H and O–H groups in total. The van der Waals surface area contributed by atoms with Crippen LogP contribution in [0.5, 0.6) is 23.0 Å². The number of para-hydroxylation sites is 9. The molecule has 0 spiro atoms. The molecule has 0 amide bonds. The average molecular weight is 676 g/mol. The average Bonchev–Trinajstić information content (AvgIpc) is 3.64. The second kappa shape index (κ2) is 13.0. The number of hydrogen-bond acceptors (Lipinski definition) is 6. The van der Waals surface area contributed by atoms with Gasteiger partial charge >= 0.3 is 0 Å². The number of nitrogens with zero attached hydrogens (tertiary/aromatic N) is 5. The van der Waals surface area contributed by atoms with Crippen molar-refractivity contribution in [2.75, 3.05) is 9.80 Å². The first kappa shape index (κ1) is 30.9. The summed E-state index contributed by atoms with van der Waals surface area (Å²) in [6, 6.07) is 50.9. The Kier molecular flexibility index (Phi) is 7.71. The normalized spacial score (nSPS) is 13.1. The second-order valence-electron chi connectivity index (χ2n) is 12.4. The van der Waals surface area contributed by atoms with Gasteiger partial charge in [0.25, 0.3) is 0 Å². The number of anilines is 5. The molecular formula is C45H33N5O2. The van der Waals surface area contributed by atoms with Gasteiger partial charge in [0, 0.05) is 28.2 Å². The van der Waals surface area contributed by atoms with E-state index < -0.39 is 0 Å². The molecule has 3 heterocycles. The van der Waals surface area contributed by atoms with E-state index in [-0.39, 0.29) is 0 Å². The lowest BCUT2D eigenvalue weighted by molar-refractivity contribution is 0.476. The number of rotatable bonds is 7. The third-order valence-electron chi connectivity index (χ3n) is 9.24. The van der Waals surface area contributed by atoms with E-state index in [4.69, 9.17) is 19.7 Å². The van der Waals surface area contributed by atoms with Crippen LogP contribution in [0.2, 0.25) is 0 Å². The van der Waals surface area contributed by atoms with E-state index in [1.54, 1.807) is 0 Å². The van der Waals surface area contributed by atoms with Crippen molar-refractivity contribution in [3.05, 3.63) is 188 Å². The van der Waals surface area contributed by atoms with Crippen molar-refractivity contribution in [2.45, 2.75) is 6.92 Å². The summed E-state index contributed by atoms with van der Waals surface area (Å²) in [4.78, 5) is 4.35. The fourth-order valence-corrected chi connectivity index (χ4v) is 6.80. The first-order valence-corrected chi connectivity index (χ1v) is 17.1. The van der Waals surface area contributed by atoms with E-state index in [2.05, 4.69) is 75.6 Å². The van der Waals surface area contributed by atoms with Crippen LogP contribution in [0.15, 0.2) is 182 Å². The van der Waals surface area contributed by atoms with Crippen molar-refractivity contribution in [3.63, 3.8) is 0 Å². The van der Waals surface area contributed by atoms with Gasteiger partial charge in [0.15, 0.2) is 34.6 Å². The summed E-state index contributed by atoms with van der Waals surface area (Å²) in [5.74, 6) is 4.65. The van der Waals surface area contributed by atoms with Gasteiger partial charge < -0.3 is 19.3 Å². The molecule has 6 aromatic carbocycles. The van der Waals surface area contributed by atoms with Crippen LogP contribution in [0, 0.1) is 0 Å². The maximum Gasteiger partial charge on any atom is 0.168 e. The Balaban J connectivity index is 1.08. The summed E-state index contributed by atoms with van der Waals surface area (Å²) >= 11 is 0. The monoisotopic (exact) mass is 675 g/mol. The van der Waals surface area contributed by atoms with Crippen LogP contribution >= 0.6 is 0 Å². The van der Waals surface area contributed by atoms with Crippen molar-refractivity contribution in [3.8, 4) is 40.1 Å². The zero-order valence-electron chi connectivity index (χ0n) is 28.4. The van der Waals surface area contributed by atoms with Crippen LogP contribution in [0.3, 0.4) is 0 Å². The first-order chi connectivity index (χ1) is 25.7. The zero-order valence-corrected chi connectivity index (χ0v) is 28.4. The second-order valence-corrected chi connectivity index (χ2v) is 12.4. The highest BCUT2D eigenvalue weighted by atomic mass is 16.5. The minimum absolute atomic E-state index is 0.718. The molecule has 0 radical (unpaired) electrons. The molecule has 0 bridgehead atoms. The van der Waals surface area contributed by atoms with E-state index in [0.717, 1.165) is 85.6 Å². The molecule has 9 rings (SSSR count). The lowest BCUT2D eigenvalue weighted by Crippen LogP contribution is -2.19. The highest BCUT2D eigenvalue weighted by Crippen LogP contribution is 2.51. The third-order valence-corrected chi connectivity index (χ3v) is 9.24. The van der Waals surface area contributed by atoms with Crippen molar-refractivity contribution >= 4 is 34.0 Å². The van der Waals surface area contributed by atoms with Gasteiger partial charge in [-0.3, -0.25) is 4.57 Å². The lowest BCUT2D eigenvalue weighted by atomic mass is 10.1. The molecule has 7 heteroatoms. The largest absolute Gasteiger partial charge is 0.453 e. The summed E-state index contributed by atoms with van der Waals surface area (Å²) in [6.45, 7) is 6.50. The molecule has 0 aliphatic carbocycles. The van der Waals surface area contributed by atoms with Gasteiger partial charge in [0.05, 0.1) is 22.7 Å². The Morgan fingerprint density at radius 1 is 0.538 bits per heavy atom. The van der Waals surface area contributed by atoms with E-state index in [1.807, 2.05) is 122 Å². The summed E-state index contributed by atoms with van der Waals surface area (Å²) in [5, 5.41) is 9.55. The van der Waals surface area contributed by atoms with E-state index in [0.29, 0.717) is 0 Å². The van der Waals surface area contributed by atoms with Gasteiger partial charge in [-0.05, 0) is 104 Å². The minimum Gasteiger partial charge on any atom is -0.453 e. The number of fused-ring (bicyclic) bond motifs is 4. The molecule has 52 heavy (non-hydrogen) atoms. The Bertz CT molecular complexity index is 2430. The molecule has 2 aliphatic rings. The van der Waals surface area contributed by atoms with Crippen molar-refractivity contribution < 1.29 is 9.47 Å². The van der Waals surface area contributed by atoms with Crippen molar-refractivity contribution in [2.24, 2.45) is 0 Å². The van der Waals surface area contributed by atoms with Gasteiger partial charge in [0.1, 0.15) is 0 Å². The molecule has 7 aromatic rings. The summed E-state index contributed by atoms with van der Waals surface area (Å²) in [6.07, 6.45) is 6.12. The van der Waals surface area contributed by atoms with E-state index >= 15 is 0 Å². The number of ether oxygens (including phenoxy) is 2. The highest BCUT2D eigenvalue weighted by Gasteiger charge is 2.27. The van der Waals surface area contributed by atoms with Crippen LogP contribution in [-0.2, 0) is 0 Å². The van der Waals surface area contributed by atoms with Crippen molar-refractivity contribution in [1.82, 2.24) is 14.8 Å². The molecular weight excluding hydrogens is 643 g/mol. The Morgan fingerprint density at radius 2 is 1.04 bits per heavy atom. The fourth-order valence-electron chi connectivity index (χ4n) is 6.80. The molecule has 0 unspecified atom stereocenters. The molecule has 0 saturated heterocycles. The van der Waals surface area contributed by atoms with Crippen LogP contribution < -0.4 is 19.3 Å². The van der Waals surface area contributed by atoms with Crippen LogP contribution in [0.4, 0.5) is 28.4 Å². The molecule has 2 aliphatic heterocycles. The van der Waals surface area contributed by atoms with Crippen LogP contribution in [0.1, 0.15) is 12.7 Å². The third kappa shape index (κ3) is 5.32. The molecule has 7 nitrogen and oxygen atoms in total. The van der Waals surface area contributed by atoms with Gasteiger partial charge in [-0.1, -0.05) is 79.4 Å². The van der Waals surface area contributed by atoms with E-state index in [1.165, 1.54) is 0 Å². The Labute approximate surface area is 302 Å². The molecule has 250 valence electrons. The predicted molar refractivity (Wildman–Crippen MR) is 209 cm³/mol. The van der Waals surface area contributed by atoms with E-state index in [9.17, 15) is 0 Å². The van der Waals surface area contributed by atoms with Gasteiger partial charge in [-0.15, -0.1) is 10.2 Å². The predicted octanol–water partition coefficient (Wildman–Crippen LogP) is 11.9. The fraction of sp³-hybridized carbons (Fsp3) is 0.0222.